The van der Waals surface area contributed by atoms with Gasteiger partial charge in [-0.15, -0.1) is 0 Å². The first-order valence-electron chi connectivity index (χ1n) is 6.47. The third kappa shape index (κ3) is 2.41. The number of hydrogen-bond acceptors (Lipinski definition) is 3. The lowest BCUT2D eigenvalue weighted by atomic mass is 9.89. The van der Waals surface area contributed by atoms with Crippen molar-refractivity contribution in [2.75, 3.05) is 13.7 Å². The molecule has 0 saturated carbocycles. The highest BCUT2D eigenvalue weighted by Gasteiger charge is 2.33. The molecule has 1 aliphatic heterocycles. The van der Waals surface area contributed by atoms with E-state index in [1.165, 1.54) is 0 Å². The van der Waals surface area contributed by atoms with Crippen molar-refractivity contribution in [3.63, 3.8) is 0 Å². The van der Waals surface area contributed by atoms with Crippen LogP contribution >= 0.6 is 0 Å². The quantitative estimate of drug-likeness (QED) is 0.768. The topological polar surface area (TPSA) is 35.5 Å². The zero-order valence-corrected chi connectivity index (χ0v) is 11.2. The Labute approximate surface area is 108 Å². The van der Waals surface area contributed by atoms with Gasteiger partial charge in [-0.05, 0) is 43.5 Å². The van der Waals surface area contributed by atoms with Gasteiger partial charge in [0.1, 0.15) is 5.75 Å². The Balaban J connectivity index is 2.23. The number of Topliss-reactive ketones (excluding diaryl/α,β-unsaturated/α-hetero) is 1. The second kappa shape index (κ2) is 5.53. The average Bonchev–Trinajstić information content (AvgIpc) is 2.86. The van der Waals surface area contributed by atoms with E-state index in [-0.39, 0.29) is 17.8 Å². The minimum absolute atomic E-state index is 0.0158. The summed E-state index contributed by atoms with van der Waals surface area (Å²) in [7, 11) is 1.63. The maximum Gasteiger partial charge on any atom is 0.168 e. The maximum absolute atomic E-state index is 12.5. The molecule has 18 heavy (non-hydrogen) atoms. The van der Waals surface area contributed by atoms with E-state index in [1.54, 1.807) is 7.11 Å². The molecular formula is C15H20O3. The van der Waals surface area contributed by atoms with Crippen LogP contribution in [0.25, 0.3) is 0 Å². The normalized spacial score (nSPS) is 23.1. The van der Waals surface area contributed by atoms with Crippen LogP contribution in [0.2, 0.25) is 0 Å². The van der Waals surface area contributed by atoms with Crippen LogP contribution in [0.1, 0.15) is 35.7 Å². The molecule has 0 bridgehead atoms. The zero-order valence-electron chi connectivity index (χ0n) is 11.2. The Morgan fingerprint density at radius 1 is 1.50 bits per heavy atom. The molecule has 3 nitrogen and oxygen atoms in total. The summed E-state index contributed by atoms with van der Waals surface area (Å²) in [5.74, 6) is 1.01. The molecule has 2 atom stereocenters. The van der Waals surface area contributed by atoms with Crippen molar-refractivity contribution < 1.29 is 14.3 Å². The van der Waals surface area contributed by atoms with Gasteiger partial charge in [0.25, 0.3) is 0 Å². The van der Waals surface area contributed by atoms with Crippen LogP contribution in [-0.4, -0.2) is 25.6 Å². The summed E-state index contributed by atoms with van der Waals surface area (Å²) in [6, 6.07) is 5.61. The Morgan fingerprint density at radius 3 is 2.89 bits per heavy atom. The van der Waals surface area contributed by atoms with Gasteiger partial charge in [0.15, 0.2) is 5.78 Å². The highest BCUT2D eigenvalue weighted by molar-refractivity contribution is 5.99. The molecule has 3 heteroatoms. The fourth-order valence-electron chi connectivity index (χ4n) is 2.59. The van der Waals surface area contributed by atoms with E-state index in [4.69, 9.17) is 9.47 Å². The van der Waals surface area contributed by atoms with E-state index < -0.39 is 0 Å². The molecule has 1 saturated heterocycles. The number of methoxy groups -OCH3 is 1. The van der Waals surface area contributed by atoms with Gasteiger partial charge < -0.3 is 9.47 Å². The van der Waals surface area contributed by atoms with E-state index >= 15 is 0 Å². The van der Waals surface area contributed by atoms with Gasteiger partial charge in [0.2, 0.25) is 0 Å². The number of rotatable bonds is 4. The molecular weight excluding hydrogens is 228 g/mol. The molecule has 0 amide bonds. The lowest BCUT2D eigenvalue weighted by Crippen LogP contribution is -2.24. The van der Waals surface area contributed by atoms with E-state index in [2.05, 4.69) is 6.92 Å². The number of aryl methyl sites for hydroxylation is 1. The minimum Gasteiger partial charge on any atom is -0.497 e. The van der Waals surface area contributed by atoms with Crippen molar-refractivity contribution in [3.8, 4) is 5.75 Å². The summed E-state index contributed by atoms with van der Waals surface area (Å²) in [6.07, 6.45) is 1.81. The van der Waals surface area contributed by atoms with Crippen LogP contribution in [0.4, 0.5) is 0 Å². The van der Waals surface area contributed by atoms with Gasteiger partial charge in [0, 0.05) is 12.2 Å². The fourth-order valence-corrected chi connectivity index (χ4v) is 2.59. The van der Waals surface area contributed by atoms with Crippen LogP contribution in [0.15, 0.2) is 18.2 Å². The fraction of sp³-hybridized carbons (Fsp3) is 0.533. The van der Waals surface area contributed by atoms with Crippen molar-refractivity contribution in [1.29, 1.82) is 0 Å². The summed E-state index contributed by atoms with van der Waals surface area (Å²) >= 11 is 0. The van der Waals surface area contributed by atoms with Gasteiger partial charge in [0.05, 0.1) is 19.1 Å². The van der Waals surface area contributed by atoms with Gasteiger partial charge in [-0.2, -0.15) is 0 Å². The molecule has 0 radical (unpaired) electrons. The van der Waals surface area contributed by atoms with Crippen molar-refractivity contribution in [2.24, 2.45) is 5.92 Å². The van der Waals surface area contributed by atoms with Gasteiger partial charge in [-0.3, -0.25) is 4.79 Å². The van der Waals surface area contributed by atoms with E-state index in [0.717, 1.165) is 29.7 Å². The molecule has 0 N–H and O–H groups in total. The van der Waals surface area contributed by atoms with Crippen LogP contribution in [0.5, 0.6) is 5.75 Å². The predicted octanol–water partition coefficient (Wildman–Crippen LogP) is 3.00. The summed E-state index contributed by atoms with van der Waals surface area (Å²) in [5.41, 5.74) is 1.77. The number of hydrogen-bond donors (Lipinski definition) is 0. The largest absolute Gasteiger partial charge is 0.497 e. The van der Waals surface area contributed by atoms with Crippen molar-refractivity contribution in [1.82, 2.24) is 0 Å². The SMILES string of the molecule is CCC1OCCC1C(=O)c1ccc(OC)cc1C. The molecule has 2 unspecified atom stereocenters. The summed E-state index contributed by atoms with van der Waals surface area (Å²) < 4.78 is 10.8. The number of carbonyl (C=O) groups is 1. The highest BCUT2D eigenvalue weighted by atomic mass is 16.5. The molecule has 1 aromatic carbocycles. The Morgan fingerprint density at radius 2 is 2.28 bits per heavy atom. The van der Waals surface area contributed by atoms with E-state index in [0.29, 0.717) is 6.61 Å². The predicted molar refractivity (Wildman–Crippen MR) is 70.2 cm³/mol. The standard InChI is InChI=1S/C15H20O3/c1-4-14-13(7-8-18-14)15(16)12-6-5-11(17-3)9-10(12)2/h5-6,9,13-14H,4,7-8H2,1-3H3. The first-order chi connectivity index (χ1) is 8.67. The molecule has 1 aromatic rings. The van der Waals surface area contributed by atoms with E-state index in [1.807, 2.05) is 25.1 Å². The van der Waals surface area contributed by atoms with Crippen LogP contribution in [-0.2, 0) is 4.74 Å². The number of carbonyl (C=O) groups excluding carboxylic acids is 1. The lowest BCUT2D eigenvalue weighted by Gasteiger charge is -2.17. The lowest BCUT2D eigenvalue weighted by molar-refractivity contribution is 0.0688. The van der Waals surface area contributed by atoms with Crippen LogP contribution in [0.3, 0.4) is 0 Å². The third-order valence-corrected chi connectivity index (χ3v) is 3.65. The smallest absolute Gasteiger partial charge is 0.168 e. The Kier molecular flexibility index (Phi) is 4.02. The number of ether oxygens (including phenoxy) is 2. The summed E-state index contributed by atoms with van der Waals surface area (Å²) in [5, 5.41) is 0. The summed E-state index contributed by atoms with van der Waals surface area (Å²) in [4.78, 5) is 12.5. The zero-order chi connectivity index (χ0) is 13.1. The van der Waals surface area contributed by atoms with Crippen molar-refractivity contribution in [3.05, 3.63) is 29.3 Å². The Hall–Kier alpha value is -1.35. The number of ketones is 1. The van der Waals surface area contributed by atoms with Crippen LogP contribution in [0, 0.1) is 12.8 Å². The van der Waals surface area contributed by atoms with Gasteiger partial charge in [-0.25, -0.2) is 0 Å². The van der Waals surface area contributed by atoms with Crippen molar-refractivity contribution in [2.45, 2.75) is 32.8 Å². The molecule has 98 valence electrons. The van der Waals surface area contributed by atoms with Gasteiger partial charge >= 0.3 is 0 Å². The highest BCUT2D eigenvalue weighted by Crippen LogP contribution is 2.29. The number of benzene rings is 1. The monoisotopic (exact) mass is 248 g/mol. The summed E-state index contributed by atoms with van der Waals surface area (Å²) in [6.45, 7) is 4.72. The molecule has 1 heterocycles. The Bertz CT molecular complexity index is 439. The third-order valence-electron chi connectivity index (χ3n) is 3.65. The molecule has 1 fully saturated rings. The molecule has 2 rings (SSSR count). The maximum atomic E-state index is 12.5. The van der Waals surface area contributed by atoms with Crippen LogP contribution < -0.4 is 4.74 Å². The van der Waals surface area contributed by atoms with Crippen molar-refractivity contribution >= 4 is 5.78 Å². The first kappa shape index (κ1) is 13.1. The van der Waals surface area contributed by atoms with Gasteiger partial charge in [-0.1, -0.05) is 6.92 Å². The second-order valence-electron chi connectivity index (χ2n) is 4.76. The molecule has 0 spiro atoms. The molecule has 0 aromatic heterocycles. The molecule has 1 aliphatic rings. The second-order valence-corrected chi connectivity index (χ2v) is 4.76. The van der Waals surface area contributed by atoms with E-state index in [9.17, 15) is 4.79 Å². The average molecular weight is 248 g/mol. The molecule has 0 aliphatic carbocycles. The minimum atomic E-state index is 0.0158. The first-order valence-corrected chi connectivity index (χ1v) is 6.47.